The first kappa shape index (κ1) is 19.7. The van der Waals surface area contributed by atoms with E-state index in [1.807, 2.05) is 14.1 Å². The first-order valence-electron chi connectivity index (χ1n) is 10.1. The monoisotopic (exact) mass is 367 g/mol. The lowest BCUT2D eigenvalue weighted by atomic mass is 9.89. The standard InChI is InChI=1S/C23H33N3O/c1-24(2)23(27)11-10-19-6-8-20(9-7-19)17-21-12-15-26(16-13-21)18-22-5-4-14-25(22)3/h4-9,14,21H,10-13,15-18H2,1-3H3. The van der Waals surface area contributed by atoms with Gasteiger partial charge in [-0.2, -0.15) is 0 Å². The second kappa shape index (κ2) is 9.23. The fraction of sp³-hybridized carbons (Fsp3) is 0.522. The summed E-state index contributed by atoms with van der Waals surface area (Å²) in [6.45, 7) is 3.46. The average Bonchev–Trinajstić information content (AvgIpc) is 3.07. The number of carbonyl (C=O) groups is 1. The van der Waals surface area contributed by atoms with Gasteiger partial charge in [0.1, 0.15) is 0 Å². The quantitative estimate of drug-likeness (QED) is 0.749. The van der Waals surface area contributed by atoms with Crippen LogP contribution in [-0.4, -0.2) is 47.5 Å². The number of piperidine rings is 1. The van der Waals surface area contributed by atoms with Crippen LogP contribution in [0.25, 0.3) is 0 Å². The van der Waals surface area contributed by atoms with Gasteiger partial charge in [0.15, 0.2) is 0 Å². The van der Waals surface area contributed by atoms with Crippen LogP contribution in [0.4, 0.5) is 0 Å². The molecule has 1 saturated heterocycles. The molecule has 2 heterocycles. The van der Waals surface area contributed by atoms with Gasteiger partial charge in [0.05, 0.1) is 0 Å². The van der Waals surface area contributed by atoms with E-state index in [0.717, 1.165) is 18.9 Å². The normalized spacial score (nSPS) is 15.8. The van der Waals surface area contributed by atoms with Crippen LogP contribution in [0.5, 0.6) is 0 Å². The minimum Gasteiger partial charge on any atom is -0.353 e. The Kier molecular flexibility index (Phi) is 6.73. The van der Waals surface area contributed by atoms with Crippen LogP contribution in [0.15, 0.2) is 42.6 Å². The van der Waals surface area contributed by atoms with E-state index in [-0.39, 0.29) is 5.91 Å². The van der Waals surface area contributed by atoms with Gasteiger partial charge in [-0.3, -0.25) is 9.69 Å². The third-order valence-corrected chi connectivity index (χ3v) is 5.82. The molecule has 1 aliphatic rings. The molecule has 1 aromatic carbocycles. The van der Waals surface area contributed by atoms with Gasteiger partial charge < -0.3 is 9.47 Å². The molecule has 0 unspecified atom stereocenters. The number of hydrogen-bond acceptors (Lipinski definition) is 2. The Balaban J connectivity index is 1.42. The van der Waals surface area contributed by atoms with Gasteiger partial charge in [-0.25, -0.2) is 0 Å². The molecule has 0 atom stereocenters. The summed E-state index contributed by atoms with van der Waals surface area (Å²) >= 11 is 0. The number of carbonyl (C=O) groups excluding carboxylic acids is 1. The van der Waals surface area contributed by atoms with Crippen molar-refractivity contribution in [1.82, 2.24) is 14.4 Å². The van der Waals surface area contributed by atoms with E-state index in [2.05, 4.69) is 59.1 Å². The number of rotatable bonds is 7. The first-order valence-corrected chi connectivity index (χ1v) is 10.1. The summed E-state index contributed by atoms with van der Waals surface area (Å²) in [5.41, 5.74) is 4.08. The van der Waals surface area contributed by atoms with E-state index in [1.54, 1.807) is 4.90 Å². The molecule has 4 nitrogen and oxygen atoms in total. The van der Waals surface area contributed by atoms with Crippen molar-refractivity contribution in [1.29, 1.82) is 0 Å². The highest BCUT2D eigenvalue weighted by atomic mass is 16.2. The smallest absolute Gasteiger partial charge is 0.222 e. The first-order chi connectivity index (χ1) is 13.0. The molecule has 1 fully saturated rings. The van der Waals surface area contributed by atoms with E-state index in [9.17, 15) is 4.79 Å². The van der Waals surface area contributed by atoms with Crippen molar-refractivity contribution in [2.75, 3.05) is 27.2 Å². The van der Waals surface area contributed by atoms with E-state index in [0.29, 0.717) is 6.42 Å². The molecule has 4 heteroatoms. The van der Waals surface area contributed by atoms with Gasteiger partial charge in [0.2, 0.25) is 5.91 Å². The second-order valence-electron chi connectivity index (χ2n) is 8.14. The van der Waals surface area contributed by atoms with Crippen LogP contribution in [0.2, 0.25) is 0 Å². The zero-order valence-corrected chi connectivity index (χ0v) is 17.0. The topological polar surface area (TPSA) is 28.5 Å². The van der Waals surface area contributed by atoms with Crippen molar-refractivity contribution in [3.05, 3.63) is 59.4 Å². The molecule has 1 amide bonds. The summed E-state index contributed by atoms with van der Waals surface area (Å²) in [7, 11) is 5.76. The summed E-state index contributed by atoms with van der Waals surface area (Å²) in [6.07, 6.45) is 7.28. The Labute approximate surface area is 163 Å². The van der Waals surface area contributed by atoms with E-state index < -0.39 is 0 Å². The van der Waals surface area contributed by atoms with Crippen LogP contribution < -0.4 is 0 Å². The average molecular weight is 368 g/mol. The molecule has 1 aromatic heterocycles. The zero-order chi connectivity index (χ0) is 19.2. The fourth-order valence-corrected chi connectivity index (χ4v) is 3.89. The summed E-state index contributed by atoms with van der Waals surface area (Å²) < 4.78 is 2.22. The number of amides is 1. The van der Waals surface area contributed by atoms with Gasteiger partial charge in [-0.1, -0.05) is 24.3 Å². The van der Waals surface area contributed by atoms with E-state index in [4.69, 9.17) is 0 Å². The summed E-state index contributed by atoms with van der Waals surface area (Å²) in [5, 5.41) is 0. The highest BCUT2D eigenvalue weighted by molar-refractivity contribution is 5.75. The summed E-state index contributed by atoms with van der Waals surface area (Å²) in [6, 6.07) is 13.3. The van der Waals surface area contributed by atoms with Crippen LogP contribution in [0, 0.1) is 5.92 Å². The number of nitrogens with zero attached hydrogens (tertiary/aromatic N) is 3. The maximum Gasteiger partial charge on any atom is 0.222 e. The molecule has 0 spiro atoms. The van der Waals surface area contributed by atoms with Crippen molar-refractivity contribution in [3.63, 3.8) is 0 Å². The molecule has 0 bridgehead atoms. The Morgan fingerprint density at radius 2 is 1.74 bits per heavy atom. The molecule has 0 saturated carbocycles. The van der Waals surface area contributed by atoms with Gasteiger partial charge in [-0.05, 0) is 68.0 Å². The van der Waals surface area contributed by atoms with E-state index in [1.165, 1.54) is 49.2 Å². The summed E-state index contributed by atoms with van der Waals surface area (Å²) in [4.78, 5) is 16.0. The van der Waals surface area contributed by atoms with Crippen molar-refractivity contribution in [2.45, 2.75) is 38.6 Å². The van der Waals surface area contributed by atoms with Crippen molar-refractivity contribution < 1.29 is 4.79 Å². The molecule has 3 rings (SSSR count). The number of hydrogen-bond donors (Lipinski definition) is 0. The molecule has 0 N–H and O–H groups in total. The lowest BCUT2D eigenvalue weighted by Crippen LogP contribution is -2.34. The van der Waals surface area contributed by atoms with E-state index >= 15 is 0 Å². The number of aromatic nitrogens is 1. The van der Waals surface area contributed by atoms with Crippen LogP contribution in [0.3, 0.4) is 0 Å². The largest absolute Gasteiger partial charge is 0.353 e. The van der Waals surface area contributed by atoms with Crippen LogP contribution in [-0.2, 0) is 31.2 Å². The molecule has 1 aliphatic heterocycles. The molecule has 0 radical (unpaired) electrons. The predicted molar refractivity (Wildman–Crippen MR) is 111 cm³/mol. The van der Waals surface area contributed by atoms with Gasteiger partial charge >= 0.3 is 0 Å². The third kappa shape index (κ3) is 5.70. The van der Waals surface area contributed by atoms with Gasteiger partial charge in [0.25, 0.3) is 0 Å². The number of likely N-dealkylation sites (tertiary alicyclic amines) is 1. The maximum absolute atomic E-state index is 11.7. The molecule has 2 aromatic rings. The van der Waals surface area contributed by atoms with Crippen molar-refractivity contribution >= 4 is 5.91 Å². The zero-order valence-electron chi connectivity index (χ0n) is 17.0. The Hall–Kier alpha value is -2.07. The fourth-order valence-electron chi connectivity index (χ4n) is 3.89. The Morgan fingerprint density at radius 1 is 1.07 bits per heavy atom. The molecule has 146 valence electrons. The lowest BCUT2D eigenvalue weighted by molar-refractivity contribution is -0.128. The Morgan fingerprint density at radius 3 is 2.33 bits per heavy atom. The SMILES string of the molecule is CN(C)C(=O)CCc1ccc(CC2CCN(Cc3cccn3C)CC2)cc1. The predicted octanol–water partition coefficient (Wildman–Crippen LogP) is 3.50. The lowest BCUT2D eigenvalue weighted by Gasteiger charge is -2.32. The maximum atomic E-state index is 11.7. The third-order valence-electron chi connectivity index (χ3n) is 5.82. The van der Waals surface area contributed by atoms with Crippen LogP contribution in [0.1, 0.15) is 36.1 Å². The highest BCUT2D eigenvalue weighted by Gasteiger charge is 2.20. The van der Waals surface area contributed by atoms with Gasteiger partial charge in [-0.15, -0.1) is 0 Å². The number of benzene rings is 1. The van der Waals surface area contributed by atoms with Gasteiger partial charge in [0, 0.05) is 46.0 Å². The number of aryl methyl sites for hydroxylation is 2. The molecule has 0 aliphatic carbocycles. The van der Waals surface area contributed by atoms with Crippen molar-refractivity contribution in [3.8, 4) is 0 Å². The second-order valence-corrected chi connectivity index (χ2v) is 8.14. The summed E-state index contributed by atoms with van der Waals surface area (Å²) in [5.74, 6) is 0.983. The molecule has 27 heavy (non-hydrogen) atoms. The van der Waals surface area contributed by atoms with Crippen molar-refractivity contribution in [2.24, 2.45) is 13.0 Å². The highest BCUT2D eigenvalue weighted by Crippen LogP contribution is 2.23. The van der Waals surface area contributed by atoms with Crippen LogP contribution >= 0.6 is 0 Å². The molecular formula is C23H33N3O. The Bertz CT molecular complexity index is 724. The minimum absolute atomic E-state index is 0.196. The molecular weight excluding hydrogens is 334 g/mol. The minimum atomic E-state index is 0.196.